The lowest BCUT2D eigenvalue weighted by Crippen LogP contribution is -2.35. The topological polar surface area (TPSA) is 49.4 Å². The van der Waals surface area contributed by atoms with Crippen molar-refractivity contribution in [3.63, 3.8) is 0 Å². The van der Waals surface area contributed by atoms with Crippen molar-refractivity contribution in [2.75, 3.05) is 14.1 Å². The Kier molecular flexibility index (Phi) is 6.10. The van der Waals surface area contributed by atoms with Gasteiger partial charge in [-0.25, -0.2) is 12.8 Å². The molecule has 4 nitrogen and oxygen atoms in total. The van der Waals surface area contributed by atoms with Crippen LogP contribution in [0.4, 0.5) is 4.39 Å². The highest BCUT2D eigenvalue weighted by atomic mass is 32.2. The van der Waals surface area contributed by atoms with Gasteiger partial charge < -0.3 is 5.32 Å². The number of nitrogens with one attached hydrogen (secondary N) is 1. The van der Waals surface area contributed by atoms with Crippen molar-refractivity contribution in [2.45, 2.75) is 44.2 Å². The normalized spacial score (nSPS) is 13.7. The third-order valence-corrected chi connectivity index (χ3v) is 5.36. The van der Waals surface area contributed by atoms with Crippen LogP contribution in [-0.2, 0) is 16.6 Å². The van der Waals surface area contributed by atoms with E-state index in [1.807, 2.05) is 13.8 Å². The highest BCUT2D eigenvalue weighted by molar-refractivity contribution is 7.89. The summed E-state index contributed by atoms with van der Waals surface area (Å²) in [6.07, 6.45) is 1.70. The van der Waals surface area contributed by atoms with E-state index in [1.54, 1.807) is 14.1 Å². The van der Waals surface area contributed by atoms with Gasteiger partial charge in [-0.1, -0.05) is 13.3 Å². The lowest BCUT2D eigenvalue weighted by molar-refractivity contribution is 0.368. The second-order valence-electron chi connectivity index (χ2n) is 4.94. The van der Waals surface area contributed by atoms with Crippen molar-refractivity contribution in [1.29, 1.82) is 0 Å². The van der Waals surface area contributed by atoms with Gasteiger partial charge in [0.15, 0.2) is 0 Å². The smallest absolute Gasteiger partial charge is 0.243 e. The molecular formula is C14H23FN2O2S. The van der Waals surface area contributed by atoms with E-state index in [4.69, 9.17) is 0 Å². The van der Waals surface area contributed by atoms with Crippen LogP contribution in [0.2, 0.25) is 0 Å². The average Bonchev–Trinajstić information content (AvgIpc) is 2.40. The molecule has 0 aliphatic heterocycles. The van der Waals surface area contributed by atoms with E-state index in [-0.39, 0.29) is 10.9 Å². The Morgan fingerprint density at radius 2 is 2.05 bits per heavy atom. The molecule has 1 atom stereocenters. The molecule has 1 aromatic rings. The van der Waals surface area contributed by atoms with Gasteiger partial charge in [-0.05, 0) is 38.6 Å². The van der Waals surface area contributed by atoms with Gasteiger partial charge >= 0.3 is 0 Å². The predicted molar refractivity (Wildman–Crippen MR) is 78.5 cm³/mol. The molecule has 0 amide bonds. The lowest BCUT2D eigenvalue weighted by Gasteiger charge is -2.24. The molecule has 0 saturated carbocycles. The average molecular weight is 302 g/mol. The SMILES string of the molecule is CCCC(C)N(C)S(=O)(=O)c1ccc(F)c(CNC)c1. The minimum Gasteiger partial charge on any atom is -0.316 e. The van der Waals surface area contributed by atoms with Crippen LogP contribution in [0.15, 0.2) is 23.1 Å². The summed E-state index contributed by atoms with van der Waals surface area (Å²) >= 11 is 0. The number of hydrogen-bond donors (Lipinski definition) is 1. The maximum atomic E-state index is 13.6. The Morgan fingerprint density at radius 3 is 2.60 bits per heavy atom. The summed E-state index contributed by atoms with van der Waals surface area (Å²) in [6.45, 7) is 4.18. The van der Waals surface area contributed by atoms with E-state index in [0.717, 1.165) is 12.8 Å². The summed E-state index contributed by atoms with van der Waals surface area (Å²) in [5, 5.41) is 2.83. The molecule has 1 rings (SSSR count). The molecule has 0 bridgehead atoms. The van der Waals surface area contributed by atoms with Gasteiger partial charge in [-0.3, -0.25) is 0 Å². The number of nitrogens with zero attached hydrogens (tertiary/aromatic N) is 1. The van der Waals surface area contributed by atoms with Crippen LogP contribution in [0.3, 0.4) is 0 Å². The Balaban J connectivity index is 3.12. The first-order valence-electron chi connectivity index (χ1n) is 6.75. The summed E-state index contributed by atoms with van der Waals surface area (Å²) in [5.41, 5.74) is 0.352. The second kappa shape index (κ2) is 7.15. The molecule has 0 heterocycles. The van der Waals surface area contributed by atoms with Gasteiger partial charge in [0.1, 0.15) is 5.82 Å². The maximum absolute atomic E-state index is 13.6. The molecule has 114 valence electrons. The predicted octanol–water partition coefficient (Wildman–Crippen LogP) is 2.35. The third-order valence-electron chi connectivity index (χ3n) is 3.39. The molecule has 6 heteroatoms. The quantitative estimate of drug-likeness (QED) is 0.841. The highest BCUT2D eigenvalue weighted by Crippen LogP contribution is 2.21. The minimum absolute atomic E-state index is 0.0807. The number of rotatable bonds is 7. The Labute approximate surface area is 121 Å². The summed E-state index contributed by atoms with van der Waals surface area (Å²) in [7, 11) is -0.322. The van der Waals surface area contributed by atoms with Crippen molar-refractivity contribution in [2.24, 2.45) is 0 Å². The molecule has 1 unspecified atom stereocenters. The first kappa shape index (κ1) is 17.1. The number of halogens is 1. The van der Waals surface area contributed by atoms with E-state index >= 15 is 0 Å². The molecular weight excluding hydrogens is 279 g/mol. The fraction of sp³-hybridized carbons (Fsp3) is 0.571. The van der Waals surface area contributed by atoms with E-state index in [0.29, 0.717) is 12.1 Å². The number of benzene rings is 1. The first-order chi connectivity index (χ1) is 9.34. The van der Waals surface area contributed by atoms with Crippen LogP contribution in [0.5, 0.6) is 0 Å². The number of hydrogen-bond acceptors (Lipinski definition) is 3. The fourth-order valence-corrected chi connectivity index (χ4v) is 3.48. The van der Waals surface area contributed by atoms with E-state index in [9.17, 15) is 12.8 Å². The molecule has 0 aliphatic rings. The first-order valence-corrected chi connectivity index (χ1v) is 8.19. The van der Waals surface area contributed by atoms with Crippen molar-refractivity contribution >= 4 is 10.0 Å². The van der Waals surface area contributed by atoms with Gasteiger partial charge in [0.2, 0.25) is 10.0 Å². The van der Waals surface area contributed by atoms with Gasteiger partial charge in [0.25, 0.3) is 0 Å². The number of sulfonamides is 1. The van der Waals surface area contributed by atoms with Crippen LogP contribution in [0, 0.1) is 5.82 Å². The zero-order valence-corrected chi connectivity index (χ0v) is 13.3. The van der Waals surface area contributed by atoms with Crippen molar-refractivity contribution < 1.29 is 12.8 Å². The van der Waals surface area contributed by atoms with Crippen LogP contribution in [-0.4, -0.2) is 32.9 Å². The molecule has 0 aliphatic carbocycles. The zero-order chi connectivity index (χ0) is 15.3. The summed E-state index contributed by atoms with van der Waals surface area (Å²) < 4.78 is 39.9. The monoisotopic (exact) mass is 302 g/mol. The van der Waals surface area contributed by atoms with Crippen LogP contribution >= 0.6 is 0 Å². The largest absolute Gasteiger partial charge is 0.316 e. The van der Waals surface area contributed by atoms with E-state index in [2.05, 4.69) is 5.32 Å². The van der Waals surface area contributed by atoms with Crippen molar-refractivity contribution in [1.82, 2.24) is 9.62 Å². The van der Waals surface area contributed by atoms with Gasteiger partial charge in [0, 0.05) is 25.2 Å². The highest BCUT2D eigenvalue weighted by Gasteiger charge is 2.25. The minimum atomic E-state index is -3.58. The van der Waals surface area contributed by atoms with Crippen LogP contribution in [0.1, 0.15) is 32.3 Å². The Hall–Kier alpha value is -0.980. The lowest BCUT2D eigenvalue weighted by atomic mass is 10.2. The van der Waals surface area contributed by atoms with Crippen molar-refractivity contribution in [3.8, 4) is 0 Å². The van der Waals surface area contributed by atoms with Gasteiger partial charge in [-0.2, -0.15) is 4.31 Å². The van der Waals surface area contributed by atoms with Crippen LogP contribution in [0.25, 0.3) is 0 Å². The molecule has 20 heavy (non-hydrogen) atoms. The van der Waals surface area contributed by atoms with Crippen LogP contribution < -0.4 is 5.32 Å². The zero-order valence-electron chi connectivity index (χ0n) is 12.5. The van der Waals surface area contributed by atoms with E-state index in [1.165, 1.54) is 22.5 Å². The molecule has 0 aromatic heterocycles. The molecule has 0 spiro atoms. The van der Waals surface area contributed by atoms with E-state index < -0.39 is 15.8 Å². The van der Waals surface area contributed by atoms with Gasteiger partial charge in [0.05, 0.1) is 4.90 Å². The second-order valence-corrected chi connectivity index (χ2v) is 6.94. The Morgan fingerprint density at radius 1 is 1.40 bits per heavy atom. The summed E-state index contributed by atoms with van der Waals surface area (Å²) in [6, 6.07) is 3.84. The van der Waals surface area contributed by atoms with Crippen molar-refractivity contribution in [3.05, 3.63) is 29.6 Å². The summed E-state index contributed by atoms with van der Waals surface area (Å²) in [4.78, 5) is 0.134. The summed E-state index contributed by atoms with van der Waals surface area (Å²) in [5.74, 6) is -0.400. The molecule has 1 N–H and O–H groups in total. The Bertz CT molecular complexity index is 546. The molecule has 1 aromatic carbocycles. The molecule has 0 saturated heterocycles. The third kappa shape index (κ3) is 3.77. The standard InChI is InChI=1S/C14H23FN2O2S/c1-5-6-11(2)17(4)20(18,19)13-7-8-14(15)12(9-13)10-16-3/h7-9,11,16H,5-6,10H2,1-4H3. The molecule has 0 radical (unpaired) electrons. The molecule has 0 fully saturated rings. The fourth-order valence-electron chi connectivity index (χ4n) is 2.04. The maximum Gasteiger partial charge on any atom is 0.243 e. The van der Waals surface area contributed by atoms with Gasteiger partial charge in [-0.15, -0.1) is 0 Å².